The summed E-state index contributed by atoms with van der Waals surface area (Å²) < 4.78 is 0. The largest absolute Gasteiger partial charge is 0.356 e. The Hall–Kier alpha value is -3.78. The van der Waals surface area contributed by atoms with Gasteiger partial charge in [-0.1, -0.05) is 12.1 Å². The summed E-state index contributed by atoms with van der Waals surface area (Å²) in [5.41, 5.74) is 11.3. The van der Waals surface area contributed by atoms with Crippen LogP contribution in [-0.2, 0) is 5.54 Å². The van der Waals surface area contributed by atoms with Crippen LogP contribution in [0.15, 0.2) is 61.3 Å². The standard InChI is InChI=1S/C23H22N8/c24-23(6-10-31(11-7-23)21-17-5-9-26-20(17)27-14-28-21)22-29-18-4-3-15(12-19(18)30-22)16-2-1-8-25-13-16/h1-5,8-9,12-14H,6-7,10-11,24H2,(H,29,30)(H,26,27,28). The molecule has 1 saturated heterocycles. The summed E-state index contributed by atoms with van der Waals surface area (Å²) in [5.74, 6) is 1.80. The van der Waals surface area contributed by atoms with E-state index in [4.69, 9.17) is 10.7 Å². The molecule has 4 N–H and O–H groups in total. The fraction of sp³-hybridized carbons (Fsp3) is 0.217. The van der Waals surface area contributed by atoms with Crippen LogP contribution in [0.2, 0.25) is 0 Å². The number of benzene rings is 1. The van der Waals surface area contributed by atoms with Gasteiger partial charge in [-0.25, -0.2) is 15.0 Å². The van der Waals surface area contributed by atoms with Crippen molar-refractivity contribution >= 4 is 27.9 Å². The summed E-state index contributed by atoms with van der Waals surface area (Å²) >= 11 is 0. The molecular formula is C23H22N8. The quantitative estimate of drug-likeness (QED) is 0.420. The van der Waals surface area contributed by atoms with E-state index in [1.807, 2.05) is 24.5 Å². The van der Waals surface area contributed by atoms with Gasteiger partial charge < -0.3 is 20.6 Å². The summed E-state index contributed by atoms with van der Waals surface area (Å²) in [6, 6.07) is 12.3. The summed E-state index contributed by atoms with van der Waals surface area (Å²) in [6.07, 6.45) is 8.73. The predicted octanol–water partition coefficient (Wildman–Crippen LogP) is 3.35. The van der Waals surface area contributed by atoms with E-state index in [1.165, 1.54) is 0 Å². The zero-order valence-electron chi connectivity index (χ0n) is 16.9. The maximum absolute atomic E-state index is 6.86. The molecule has 5 heterocycles. The Morgan fingerprint density at radius 2 is 1.94 bits per heavy atom. The molecule has 6 rings (SSSR count). The summed E-state index contributed by atoms with van der Waals surface area (Å²) in [4.78, 5) is 26.8. The van der Waals surface area contributed by atoms with Crippen molar-refractivity contribution in [2.45, 2.75) is 18.4 Å². The molecule has 0 spiro atoms. The van der Waals surface area contributed by atoms with E-state index in [9.17, 15) is 0 Å². The number of nitrogens with one attached hydrogen (secondary N) is 2. The minimum Gasteiger partial charge on any atom is -0.356 e. The van der Waals surface area contributed by atoms with Crippen LogP contribution >= 0.6 is 0 Å². The van der Waals surface area contributed by atoms with Crippen molar-refractivity contribution in [2.24, 2.45) is 5.73 Å². The number of aromatic nitrogens is 6. The van der Waals surface area contributed by atoms with Gasteiger partial charge in [-0.3, -0.25) is 4.98 Å². The number of fused-ring (bicyclic) bond motifs is 2. The number of H-pyrrole nitrogens is 2. The fourth-order valence-electron chi connectivity index (χ4n) is 4.42. The van der Waals surface area contributed by atoms with Gasteiger partial charge in [0.25, 0.3) is 0 Å². The van der Waals surface area contributed by atoms with Gasteiger partial charge in [0, 0.05) is 37.2 Å². The van der Waals surface area contributed by atoms with Crippen molar-refractivity contribution in [3.8, 4) is 11.1 Å². The lowest BCUT2D eigenvalue weighted by atomic mass is 9.88. The molecule has 0 aliphatic carbocycles. The molecule has 0 unspecified atom stereocenters. The Labute approximate surface area is 178 Å². The second-order valence-electron chi connectivity index (χ2n) is 8.14. The van der Waals surface area contributed by atoms with Crippen molar-refractivity contribution in [2.75, 3.05) is 18.0 Å². The van der Waals surface area contributed by atoms with Crippen LogP contribution in [0.3, 0.4) is 0 Å². The lowest BCUT2D eigenvalue weighted by Crippen LogP contribution is -2.49. The maximum atomic E-state index is 6.86. The number of hydrogen-bond donors (Lipinski definition) is 3. The monoisotopic (exact) mass is 410 g/mol. The maximum Gasteiger partial charge on any atom is 0.142 e. The predicted molar refractivity (Wildman–Crippen MR) is 121 cm³/mol. The molecule has 1 aliphatic rings. The molecule has 1 aliphatic heterocycles. The molecule has 154 valence electrons. The van der Waals surface area contributed by atoms with E-state index in [1.54, 1.807) is 12.5 Å². The van der Waals surface area contributed by atoms with Gasteiger partial charge >= 0.3 is 0 Å². The minimum absolute atomic E-state index is 0.492. The molecule has 8 nitrogen and oxygen atoms in total. The normalized spacial score (nSPS) is 16.2. The van der Waals surface area contributed by atoms with Crippen molar-refractivity contribution < 1.29 is 0 Å². The first-order valence-corrected chi connectivity index (χ1v) is 10.4. The second-order valence-corrected chi connectivity index (χ2v) is 8.14. The molecule has 4 aromatic heterocycles. The molecule has 0 amide bonds. The van der Waals surface area contributed by atoms with Gasteiger partial charge in [-0.15, -0.1) is 0 Å². The SMILES string of the molecule is NC1(c2nc3cc(-c4cccnc4)ccc3[nH]2)CCN(c2ncnc3[nH]ccc23)CC1. The van der Waals surface area contributed by atoms with Crippen LogP contribution in [0.25, 0.3) is 33.2 Å². The highest BCUT2D eigenvalue weighted by molar-refractivity contribution is 5.87. The Morgan fingerprint density at radius 3 is 2.77 bits per heavy atom. The lowest BCUT2D eigenvalue weighted by Gasteiger charge is -2.38. The number of nitrogens with zero attached hydrogens (tertiary/aromatic N) is 5. The zero-order chi connectivity index (χ0) is 20.8. The van der Waals surface area contributed by atoms with Crippen molar-refractivity contribution in [3.63, 3.8) is 0 Å². The topological polar surface area (TPSA) is 112 Å². The molecule has 0 radical (unpaired) electrons. The Morgan fingerprint density at radius 1 is 1.03 bits per heavy atom. The number of anilines is 1. The van der Waals surface area contributed by atoms with E-state index in [0.29, 0.717) is 0 Å². The van der Waals surface area contributed by atoms with E-state index >= 15 is 0 Å². The van der Waals surface area contributed by atoms with Crippen LogP contribution in [-0.4, -0.2) is 43.0 Å². The van der Waals surface area contributed by atoms with Gasteiger partial charge in [0.15, 0.2) is 0 Å². The highest BCUT2D eigenvalue weighted by Crippen LogP contribution is 2.34. The first-order chi connectivity index (χ1) is 15.2. The lowest BCUT2D eigenvalue weighted by molar-refractivity contribution is 0.327. The van der Waals surface area contributed by atoms with Gasteiger partial charge in [0.05, 0.1) is 22.0 Å². The number of pyridine rings is 1. The molecule has 0 bridgehead atoms. The van der Waals surface area contributed by atoms with Crippen LogP contribution in [0, 0.1) is 0 Å². The highest BCUT2D eigenvalue weighted by atomic mass is 15.2. The highest BCUT2D eigenvalue weighted by Gasteiger charge is 2.36. The van der Waals surface area contributed by atoms with Crippen LogP contribution in [0.4, 0.5) is 5.82 Å². The summed E-state index contributed by atoms with van der Waals surface area (Å²) in [5, 5.41) is 1.04. The molecule has 0 atom stereocenters. The number of imidazole rings is 1. The molecule has 0 saturated carbocycles. The molecule has 5 aromatic rings. The van der Waals surface area contributed by atoms with E-state index in [0.717, 1.165) is 70.8 Å². The van der Waals surface area contributed by atoms with Crippen LogP contribution < -0.4 is 10.6 Å². The molecule has 31 heavy (non-hydrogen) atoms. The van der Waals surface area contributed by atoms with E-state index < -0.39 is 5.54 Å². The number of hydrogen-bond acceptors (Lipinski definition) is 6. The molecular weight excluding hydrogens is 388 g/mol. The van der Waals surface area contributed by atoms with Crippen molar-refractivity contribution in [3.05, 3.63) is 67.1 Å². The average molecular weight is 410 g/mol. The minimum atomic E-state index is -0.492. The van der Waals surface area contributed by atoms with Gasteiger partial charge in [0.1, 0.15) is 23.6 Å². The van der Waals surface area contributed by atoms with E-state index in [-0.39, 0.29) is 0 Å². The van der Waals surface area contributed by atoms with Crippen molar-refractivity contribution in [1.29, 1.82) is 0 Å². The smallest absolute Gasteiger partial charge is 0.142 e. The summed E-state index contributed by atoms with van der Waals surface area (Å²) in [6.45, 7) is 1.62. The first-order valence-electron chi connectivity index (χ1n) is 10.4. The van der Waals surface area contributed by atoms with E-state index in [2.05, 4.69) is 54.1 Å². The average Bonchev–Trinajstić information content (AvgIpc) is 3.47. The Balaban J connectivity index is 1.27. The first kappa shape index (κ1) is 18.0. The third kappa shape index (κ3) is 3.03. The van der Waals surface area contributed by atoms with Gasteiger partial charge in [0.2, 0.25) is 0 Å². The second kappa shape index (κ2) is 6.88. The molecule has 8 heteroatoms. The third-order valence-electron chi connectivity index (χ3n) is 6.24. The third-order valence-corrected chi connectivity index (χ3v) is 6.24. The zero-order valence-corrected chi connectivity index (χ0v) is 16.9. The number of rotatable bonds is 3. The Bertz CT molecular complexity index is 1360. The summed E-state index contributed by atoms with van der Waals surface area (Å²) in [7, 11) is 0. The van der Waals surface area contributed by atoms with Crippen molar-refractivity contribution in [1.82, 2.24) is 29.9 Å². The van der Waals surface area contributed by atoms with Crippen LogP contribution in [0.1, 0.15) is 18.7 Å². The number of aromatic amines is 2. The molecule has 1 aromatic carbocycles. The fourth-order valence-corrected chi connectivity index (χ4v) is 4.42. The number of nitrogens with two attached hydrogens (primary N) is 1. The van der Waals surface area contributed by atoms with Crippen LogP contribution in [0.5, 0.6) is 0 Å². The molecule has 1 fully saturated rings. The number of piperidine rings is 1. The Kier molecular flexibility index (Phi) is 4.00. The van der Waals surface area contributed by atoms with Gasteiger partial charge in [-0.05, 0) is 42.7 Å². The van der Waals surface area contributed by atoms with Gasteiger partial charge in [-0.2, -0.15) is 0 Å².